The SMILES string of the molecule is Cc1cccc(CNC2CS(=O)(=O)c3ccccc32)c1. The summed E-state index contributed by atoms with van der Waals surface area (Å²) >= 11 is 0. The molecule has 3 rings (SSSR count). The molecule has 0 aromatic heterocycles. The summed E-state index contributed by atoms with van der Waals surface area (Å²) in [5.41, 5.74) is 3.27. The third-order valence-electron chi connectivity index (χ3n) is 3.65. The number of aryl methyl sites for hydroxylation is 1. The largest absolute Gasteiger partial charge is 0.305 e. The van der Waals surface area contributed by atoms with Gasteiger partial charge in [-0.1, -0.05) is 48.0 Å². The molecule has 3 nitrogen and oxygen atoms in total. The highest BCUT2D eigenvalue weighted by Gasteiger charge is 2.33. The predicted molar refractivity (Wildman–Crippen MR) is 79.3 cm³/mol. The monoisotopic (exact) mass is 287 g/mol. The smallest absolute Gasteiger partial charge is 0.180 e. The Morgan fingerprint density at radius 2 is 1.95 bits per heavy atom. The van der Waals surface area contributed by atoms with Crippen LogP contribution in [0.2, 0.25) is 0 Å². The van der Waals surface area contributed by atoms with Gasteiger partial charge in [0.2, 0.25) is 0 Å². The molecule has 1 aliphatic rings. The molecule has 0 saturated carbocycles. The molecule has 0 amide bonds. The van der Waals surface area contributed by atoms with Crippen LogP contribution in [-0.4, -0.2) is 14.2 Å². The van der Waals surface area contributed by atoms with E-state index < -0.39 is 9.84 Å². The molecule has 1 aliphatic heterocycles. The molecule has 1 unspecified atom stereocenters. The maximum Gasteiger partial charge on any atom is 0.180 e. The van der Waals surface area contributed by atoms with Gasteiger partial charge in [-0.25, -0.2) is 8.42 Å². The molecular formula is C16H17NO2S. The fourth-order valence-electron chi connectivity index (χ4n) is 2.68. The lowest BCUT2D eigenvalue weighted by molar-refractivity contribution is 0.566. The van der Waals surface area contributed by atoms with Crippen LogP contribution in [0.25, 0.3) is 0 Å². The van der Waals surface area contributed by atoms with Gasteiger partial charge >= 0.3 is 0 Å². The number of nitrogens with one attached hydrogen (secondary N) is 1. The lowest BCUT2D eigenvalue weighted by Gasteiger charge is -2.13. The van der Waals surface area contributed by atoms with E-state index in [2.05, 4.69) is 30.4 Å². The van der Waals surface area contributed by atoms with E-state index in [1.54, 1.807) is 12.1 Å². The van der Waals surface area contributed by atoms with Crippen molar-refractivity contribution in [2.24, 2.45) is 0 Å². The maximum atomic E-state index is 12.1. The second-order valence-corrected chi connectivity index (χ2v) is 7.24. The first kappa shape index (κ1) is 13.3. The summed E-state index contributed by atoms with van der Waals surface area (Å²) in [7, 11) is -3.13. The highest BCUT2D eigenvalue weighted by Crippen LogP contribution is 2.33. The van der Waals surface area contributed by atoms with E-state index in [1.165, 1.54) is 11.1 Å². The van der Waals surface area contributed by atoms with Crippen molar-refractivity contribution in [3.63, 3.8) is 0 Å². The lowest BCUT2D eigenvalue weighted by atomic mass is 10.1. The minimum atomic E-state index is -3.13. The van der Waals surface area contributed by atoms with Crippen molar-refractivity contribution in [1.29, 1.82) is 0 Å². The van der Waals surface area contributed by atoms with Crippen LogP contribution in [0.3, 0.4) is 0 Å². The van der Waals surface area contributed by atoms with Crippen molar-refractivity contribution >= 4 is 9.84 Å². The summed E-state index contributed by atoms with van der Waals surface area (Å²) in [5, 5.41) is 3.36. The van der Waals surface area contributed by atoms with Crippen molar-refractivity contribution in [1.82, 2.24) is 5.32 Å². The molecule has 1 heterocycles. The zero-order valence-electron chi connectivity index (χ0n) is 11.3. The van der Waals surface area contributed by atoms with Gasteiger partial charge in [0.25, 0.3) is 0 Å². The Hall–Kier alpha value is -1.65. The molecule has 2 aromatic rings. The zero-order chi connectivity index (χ0) is 14.2. The highest BCUT2D eigenvalue weighted by atomic mass is 32.2. The fraction of sp³-hybridized carbons (Fsp3) is 0.250. The average molecular weight is 287 g/mol. The first-order chi connectivity index (χ1) is 9.56. The van der Waals surface area contributed by atoms with E-state index in [0.717, 1.165) is 5.56 Å². The number of hydrogen-bond donors (Lipinski definition) is 1. The normalized spacial score (nSPS) is 19.8. The highest BCUT2D eigenvalue weighted by molar-refractivity contribution is 7.91. The molecule has 0 fully saturated rings. The minimum absolute atomic E-state index is 0.114. The summed E-state index contributed by atoms with van der Waals surface area (Å²) in [4.78, 5) is 0.474. The van der Waals surface area contributed by atoms with Gasteiger partial charge in [-0.2, -0.15) is 0 Å². The zero-order valence-corrected chi connectivity index (χ0v) is 12.2. The fourth-order valence-corrected chi connectivity index (χ4v) is 4.45. The van der Waals surface area contributed by atoms with Gasteiger partial charge < -0.3 is 5.32 Å². The predicted octanol–water partition coefficient (Wildman–Crippen LogP) is 2.61. The van der Waals surface area contributed by atoms with Crippen LogP contribution < -0.4 is 5.32 Å². The topological polar surface area (TPSA) is 46.2 Å². The molecule has 0 bridgehead atoms. The Labute approximate surface area is 119 Å². The van der Waals surface area contributed by atoms with Gasteiger partial charge in [0.15, 0.2) is 9.84 Å². The number of fused-ring (bicyclic) bond motifs is 1. The van der Waals surface area contributed by atoms with Gasteiger partial charge in [0.05, 0.1) is 10.6 Å². The van der Waals surface area contributed by atoms with Gasteiger partial charge in [0.1, 0.15) is 0 Å². The molecule has 2 aromatic carbocycles. The van der Waals surface area contributed by atoms with Crippen LogP contribution in [0.15, 0.2) is 53.4 Å². The number of rotatable bonds is 3. The summed E-state index contributed by atoms with van der Waals surface area (Å²) in [6, 6.07) is 15.4. The van der Waals surface area contributed by atoms with Crippen molar-refractivity contribution < 1.29 is 8.42 Å². The first-order valence-electron chi connectivity index (χ1n) is 6.67. The summed E-state index contributed by atoms with van der Waals surface area (Å²) < 4.78 is 24.2. The molecule has 4 heteroatoms. The van der Waals surface area contributed by atoms with E-state index >= 15 is 0 Å². The molecular weight excluding hydrogens is 270 g/mol. The van der Waals surface area contributed by atoms with Gasteiger partial charge in [-0.15, -0.1) is 0 Å². The lowest BCUT2D eigenvalue weighted by Crippen LogP contribution is -2.22. The number of sulfone groups is 1. The summed E-state index contributed by atoms with van der Waals surface area (Å²) in [6.07, 6.45) is 0. The maximum absolute atomic E-state index is 12.1. The van der Waals surface area contributed by atoms with Crippen molar-refractivity contribution in [2.75, 3.05) is 5.75 Å². The third kappa shape index (κ3) is 2.49. The Morgan fingerprint density at radius 1 is 1.15 bits per heavy atom. The molecule has 0 saturated heterocycles. The molecule has 0 aliphatic carbocycles. The standard InChI is InChI=1S/C16H17NO2S/c1-12-5-4-6-13(9-12)10-17-15-11-20(18,19)16-8-3-2-7-14(15)16/h2-9,15,17H,10-11H2,1H3. The Kier molecular flexibility index (Phi) is 3.36. The van der Waals surface area contributed by atoms with Crippen LogP contribution >= 0.6 is 0 Å². The van der Waals surface area contributed by atoms with Crippen LogP contribution in [0, 0.1) is 6.92 Å². The quantitative estimate of drug-likeness (QED) is 0.944. The molecule has 104 valence electrons. The van der Waals surface area contributed by atoms with E-state index in [1.807, 2.05) is 18.2 Å². The van der Waals surface area contributed by atoms with Crippen LogP contribution in [0.5, 0.6) is 0 Å². The van der Waals surface area contributed by atoms with Crippen molar-refractivity contribution in [3.05, 3.63) is 65.2 Å². The summed E-state index contributed by atoms with van der Waals surface area (Å²) in [6.45, 7) is 2.73. The van der Waals surface area contributed by atoms with E-state index in [0.29, 0.717) is 11.4 Å². The second kappa shape index (κ2) is 5.04. The molecule has 1 atom stereocenters. The van der Waals surface area contributed by atoms with Crippen LogP contribution in [0.4, 0.5) is 0 Å². The number of hydrogen-bond acceptors (Lipinski definition) is 3. The minimum Gasteiger partial charge on any atom is -0.305 e. The molecule has 1 N–H and O–H groups in total. The average Bonchev–Trinajstić information content (AvgIpc) is 2.69. The van der Waals surface area contributed by atoms with Gasteiger partial charge in [-0.05, 0) is 24.1 Å². The van der Waals surface area contributed by atoms with Crippen molar-refractivity contribution in [2.45, 2.75) is 24.4 Å². The number of benzene rings is 2. The first-order valence-corrected chi connectivity index (χ1v) is 8.32. The molecule has 0 radical (unpaired) electrons. The second-order valence-electron chi connectivity index (χ2n) is 5.24. The summed E-state index contributed by atoms with van der Waals surface area (Å²) in [5.74, 6) is 0.151. The van der Waals surface area contributed by atoms with E-state index in [-0.39, 0.29) is 11.8 Å². The Balaban J connectivity index is 1.80. The van der Waals surface area contributed by atoms with E-state index in [4.69, 9.17) is 0 Å². The van der Waals surface area contributed by atoms with Crippen LogP contribution in [-0.2, 0) is 16.4 Å². The Morgan fingerprint density at radius 3 is 2.75 bits per heavy atom. The van der Waals surface area contributed by atoms with Gasteiger partial charge in [-0.3, -0.25) is 0 Å². The van der Waals surface area contributed by atoms with Crippen molar-refractivity contribution in [3.8, 4) is 0 Å². The molecule has 20 heavy (non-hydrogen) atoms. The third-order valence-corrected chi connectivity index (χ3v) is 5.46. The van der Waals surface area contributed by atoms with Gasteiger partial charge in [0, 0.05) is 12.6 Å². The molecule has 0 spiro atoms. The van der Waals surface area contributed by atoms with Crippen LogP contribution in [0.1, 0.15) is 22.7 Å². The van der Waals surface area contributed by atoms with E-state index in [9.17, 15) is 8.42 Å². The Bertz CT molecular complexity index is 738.